The van der Waals surface area contributed by atoms with Crippen molar-refractivity contribution in [3.63, 3.8) is 0 Å². The van der Waals surface area contributed by atoms with Crippen LogP contribution in [0.25, 0.3) is 0 Å². The number of rotatable bonds is 5. The second-order valence-corrected chi connectivity index (χ2v) is 12.7. The Balaban J connectivity index is 1.46. The molecule has 0 aromatic rings. The molecule has 0 aliphatic heterocycles. The van der Waals surface area contributed by atoms with Crippen LogP contribution in [0.5, 0.6) is 0 Å². The van der Waals surface area contributed by atoms with Gasteiger partial charge in [0.25, 0.3) is 0 Å². The van der Waals surface area contributed by atoms with E-state index in [-0.39, 0.29) is 12.2 Å². The molecule has 4 saturated carbocycles. The third-order valence-electron chi connectivity index (χ3n) is 11.1. The highest BCUT2D eigenvalue weighted by molar-refractivity contribution is 5.09. The summed E-state index contributed by atoms with van der Waals surface area (Å²) in [5.41, 5.74) is 1.02. The predicted octanol–water partition coefficient (Wildman–Crippen LogP) is 6.44. The minimum absolute atomic E-state index is 0.0311. The normalized spacial score (nSPS) is 49.2. The summed E-state index contributed by atoms with van der Waals surface area (Å²) in [4.78, 5) is 0. The highest BCUT2D eigenvalue weighted by atomic mass is 16.3. The van der Waals surface area contributed by atoms with E-state index in [1.807, 2.05) is 0 Å². The molecule has 0 bridgehead atoms. The maximum absolute atomic E-state index is 10.3. The molecule has 4 fully saturated rings. The lowest BCUT2D eigenvalue weighted by Crippen LogP contribution is -2.54. The average molecular weight is 405 g/mol. The molecule has 4 aliphatic carbocycles. The van der Waals surface area contributed by atoms with Crippen molar-refractivity contribution in [2.75, 3.05) is 0 Å². The summed E-state index contributed by atoms with van der Waals surface area (Å²) in [6.07, 6.45) is 13.9. The van der Waals surface area contributed by atoms with Crippen LogP contribution < -0.4 is 0 Å². The van der Waals surface area contributed by atoms with Gasteiger partial charge >= 0.3 is 0 Å². The number of hydrogen-bond acceptors (Lipinski definition) is 2. The van der Waals surface area contributed by atoms with Gasteiger partial charge in [0.15, 0.2) is 0 Å². The Morgan fingerprint density at radius 2 is 1.52 bits per heavy atom. The summed E-state index contributed by atoms with van der Waals surface area (Å²) in [5, 5.41) is 20.6. The van der Waals surface area contributed by atoms with E-state index in [0.29, 0.717) is 16.7 Å². The van der Waals surface area contributed by atoms with Gasteiger partial charge in [-0.25, -0.2) is 0 Å². The smallest absolute Gasteiger partial charge is 0.0563 e. The van der Waals surface area contributed by atoms with Gasteiger partial charge in [0.1, 0.15) is 0 Å². The largest absolute Gasteiger partial charge is 0.393 e. The average Bonchev–Trinajstić information content (AvgIpc) is 3.03. The van der Waals surface area contributed by atoms with Crippen molar-refractivity contribution in [1.29, 1.82) is 0 Å². The summed E-state index contributed by atoms with van der Waals surface area (Å²) in [6.45, 7) is 12.0. The summed E-state index contributed by atoms with van der Waals surface area (Å²) in [6, 6.07) is 0. The van der Waals surface area contributed by atoms with Crippen molar-refractivity contribution in [3.8, 4) is 0 Å². The molecule has 0 unspecified atom stereocenters. The Kier molecular flexibility index (Phi) is 6.19. The number of aliphatic hydroxyl groups is 2. The van der Waals surface area contributed by atoms with Gasteiger partial charge in [-0.1, -0.05) is 34.6 Å². The first kappa shape index (κ1) is 22.1. The van der Waals surface area contributed by atoms with E-state index in [4.69, 9.17) is 0 Å². The molecule has 0 aromatic carbocycles. The molecular formula is C27H48O2. The van der Waals surface area contributed by atoms with Gasteiger partial charge in [-0.3, -0.25) is 0 Å². The minimum atomic E-state index is -0.130. The standard InChI is InChI=1S/C27H48O2/c1-17(2)25(29)11-6-18(3)22-9-10-23-21-8-7-19-16-20(28)12-14-26(19,4)24(21)13-15-27(22,23)5/h17-25,28-29H,6-16H2,1-5H3/t18-,19+,20-,21+,22-,23+,24+,25-,26+,27-/m1/s1. The lowest BCUT2D eigenvalue weighted by molar-refractivity contribution is -0.129. The molecule has 4 aliphatic rings. The van der Waals surface area contributed by atoms with Crippen LogP contribution in [0.3, 0.4) is 0 Å². The molecular weight excluding hydrogens is 356 g/mol. The molecule has 29 heavy (non-hydrogen) atoms. The van der Waals surface area contributed by atoms with E-state index < -0.39 is 0 Å². The maximum atomic E-state index is 10.3. The lowest BCUT2D eigenvalue weighted by Gasteiger charge is -2.61. The van der Waals surface area contributed by atoms with Crippen LogP contribution in [0, 0.1) is 52.3 Å². The summed E-state index contributed by atoms with van der Waals surface area (Å²) >= 11 is 0. The van der Waals surface area contributed by atoms with Gasteiger partial charge in [0.2, 0.25) is 0 Å². The second kappa shape index (κ2) is 8.12. The zero-order valence-corrected chi connectivity index (χ0v) is 19.9. The molecule has 10 atom stereocenters. The fourth-order valence-electron chi connectivity index (χ4n) is 9.18. The lowest BCUT2D eigenvalue weighted by atomic mass is 9.44. The molecule has 0 amide bonds. The number of aliphatic hydroxyl groups excluding tert-OH is 2. The first-order chi connectivity index (χ1) is 13.7. The third kappa shape index (κ3) is 3.73. The monoisotopic (exact) mass is 404 g/mol. The van der Waals surface area contributed by atoms with Crippen LogP contribution in [0.4, 0.5) is 0 Å². The predicted molar refractivity (Wildman–Crippen MR) is 120 cm³/mol. The molecule has 0 saturated heterocycles. The van der Waals surface area contributed by atoms with E-state index in [2.05, 4.69) is 34.6 Å². The van der Waals surface area contributed by atoms with E-state index >= 15 is 0 Å². The van der Waals surface area contributed by atoms with Crippen LogP contribution in [0.15, 0.2) is 0 Å². The second-order valence-electron chi connectivity index (χ2n) is 12.7. The van der Waals surface area contributed by atoms with Crippen LogP contribution in [-0.2, 0) is 0 Å². The Hall–Kier alpha value is -0.0800. The van der Waals surface area contributed by atoms with Crippen molar-refractivity contribution in [2.24, 2.45) is 52.3 Å². The van der Waals surface area contributed by atoms with Gasteiger partial charge in [-0.05, 0) is 123 Å². The van der Waals surface area contributed by atoms with Gasteiger partial charge in [0.05, 0.1) is 12.2 Å². The zero-order chi connectivity index (χ0) is 21.0. The van der Waals surface area contributed by atoms with Gasteiger partial charge in [-0.2, -0.15) is 0 Å². The van der Waals surface area contributed by atoms with Crippen molar-refractivity contribution >= 4 is 0 Å². The Morgan fingerprint density at radius 3 is 2.24 bits per heavy atom. The van der Waals surface area contributed by atoms with Crippen molar-refractivity contribution in [2.45, 2.75) is 117 Å². The van der Waals surface area contributed by atoms with E-state index in [9.17, 15) is 10.2 Å². The van der Waals surface area contributed by atoms with Crippen LogP contribution in [0.2, 0.25) is 0 Å². The first-order valence-electron chi connectivity index (χ1n) is 13.0. The van der Waals surface area contributed by atoms with Crippen molar-refractivity contribution in [3.05, 3.63) is 0 Å². The Labute approximate surface area is 180 Å². The minimum Gasteiger partial charge on any atom is -0.393 e. The fraction of sp³-hybridized carbons (Fsp3) is 1.00. The molecule has 4 rings (SSSR count). The summed E-state index contributed by atoms with van der Waals surface area (Å²) < 4.78 is 0. The Morgan fingerprint density at radius 1 is 0.828 bits per heavy atom. The highest BCUT2D eigenvalue weighted by Crippen LogP contribution is 2.68. The molecule has 0 spiro atoms. The molecule has 0 heterocycles. The maximum Gasteiger partial charge on any atom is 0.0563 e. The van der Waals surface area contributed by atoms with Crippen LogP contribution >= 0.6 is 0 Å². The molecule has 2 N–H and O–H groups in total. The van der Waals surface area contributed by atoms with Gasteiger partial charge in [0, 0.05) is 0 Å². The van der Waals surface area contributed by atoms with E-state index in [0.717, 1.165) is 54.8 Å². The number of hydrogen-bond donors (Lipinski definition) is 2. The van der Waals surface area contributed by atoms with E-state index in [1.165, 1.54) is 51.4 Å². The fourth-order valence-corrected chi connectivity index (χ4v) is 9.18. The van der Waals surface area contributed by atoms with Crippen LogP contribution in [-0.4, -0.2) is 22.4 Å². The zero-order valence-electron chi connectivity index (χ0n) is 19.9. The van der Waals surface area contributed by atoms with Gasteiger partial charge < -0.3 is 10.2 Å². The topological polar surface area (TPSA) is 40.5 Å². The first-order valence-corrected chi connectivity index (χ1v) is 13.0. The van der Waals surface area contributed by atoms with E-state index in [1.54, 1.807) is 0 Å². The Bertz CT molecular complexity index is 573. The van der Waals surface area contributed by atoms with Crippen molar-refractivity contribution in [1.82, 2.24) is 0 Å². The van der Waals surface area contributed by atoms with Crippen LogP contribution in [0.1, 0.15) is 105 Å². The molecule has 168 valence electrons. The summed E-state index contributed by atoms with van der Waals surface area (Å²) in [7, 11) is 0. The molecule has 2 nitrogen and oxygen atoms in total. The quantitative estimate of drug-likeness (QED) is 0.553. The molecule has 0 aromatic heterocycles. The van der Waals surface area contributed by atoms with Crippen molar-refractivity contribution < 1.29 is 10.2 Å². The summed E-state index contributed by atoms with van der Waals surface area (Å²) in [5.74, 6) is 5.51. The molecule has 0 radical (unpaired) electrons. The SMILES string of the molecule is CC(C)[C@H](O)CC[C@@H](C)[C@H]1CC[C@H]2[C@@H]3CC[C@H]4C[C@H](O)CC[C@]4(C)[C@H]3CC[C@]12C. The third-order valence-corrected chi connectivity index (χ3v) is 11.1. The highest BCUT2D eigenvalue weighted by Gasteiger charge is 2.60. The number of fused-ring (bicyclic) bond motifs is 5. The van der Waals surface area contributed by atoms with Gasteiger partial charge in [-0.15, -0.1) is 0 Å². The molecule has 2 heteroatoms.